The molecule has 142 valence electrons. The predicted octanol–water partition coefficient (Wildman–Crippen LogP) is -2.44. The van der Waals surface area contributed by atoms with Crippen LogP contribution < -0.4 is 27.0 Å². The molecule has 0 aromatic rings. The number of aldehydes is 1. The van der Waals surface area contributed by atoms with Crippen LogP contribution in [-0.4, -0.2) is 61.6 Å². The van der Waals surface area contributed by atoms with Crippen molar-refractivity contribution in [1.82, 2.24) is 21.3 Å². The second-order valence-electron chi connectivity index (χ2n) is 5.51. The number of hydrogen-bond acceptors (Lipinski definition) is 6. The van der Waals surface area contributed by atoms with E-state index in [1.807, 2.05) is 0 Å². The highest BCUT2D eigenvalue weighted by atomic mass is 16.2. The van der Waals surface area contributed by atoms with E-state index >= 15 is 0 Å². The summed E-state index contributed by atoms with van der Waals surface area (Å²) in [7, 11) is 0. The molecule has 0 saturated carbocycles. The molecule has 0 unspecified atom stereocenters. The van der Waals surface area contributed by atoms with Gasteiger partial charge in [-0.25, -0.2) is 0 Å². The van der Waals surface area contributed by atoms with E-state index in [9.17, 15) is 24.0 Å². The highest BCUT2D eigenvalue weighted by Gasteiger charge is 2.21. The Balaban J connectivity index is 4.52. The first-order valence-electron chi connectivity index (χ1n) is 8.06. The van der Waals surface area contributed by atoms with E-state index in [4.69, 9.17) is 5.73 Å². The molecule has 10 nitrogen and oxygen atoms in total. The molecule has 0 rings (SSSR count). The summed E-state index contributed by atoms with van der Waals surface area (Å²) in [5.74, 6) is -1.65. The summed E-state index contributed by atoms with van der Waals surface area (Å²) in [5.41, 5.74) is 5.12. The SMILES string of the molecule is CC(=O)NCCCC[C@H](NC(=O)CNC(=O)CN)C(=O)N[C@@H](C)C=O. The fourth-order valence-electron chi connectivity index (χ4n) is 1.86. The highest BCUT2D eigenvalue weighted by Crippen LogP contribution is 2.02. The van der Waals surface area contributed by atoms with Crippen LogP contribution in [0.15, 0.2) is 0 Å². The highest BCUT2D eigenvalue weighted by molar-refractivity contribution is 5.91. The van der Waals surface area contributed by atoms with Gasteiger partial charge < -0.3 is 31.8 Å². The van der Waals surface area contributed by atoms with Gasteiger partial charge in [0.25, 0.3) is 0 Å². The first-order valence-corrected chi connectivity index (χ1v) is 8.06. The maximum Gasteiger partial charge on any atom is 0.243 e. The Kier molecular flexibility index (Phi) is 11.6. The first kappa shape index (κ1) is 22.5. The third-order valence-corrected chi connectivity index (χ3v) is 3.15. The summed E-state index contributed by atoms with van der Waals surface area (Å²) < 4.78 is 0. The van der Waals surface area contributed by atoms with Crippen molar-refractivity contribution in [3.63, 3.8) is 0 Å². The number of nitrogens with one attached hydrogen (secondary N) is 4. The topological polar surface area (TPSA) is 159 Å². The zero-order valence-electron chi connectivity index (χ0n) is 14.6. The van der Waals surface area contributed by atoms with Crippen molar-refractivity contribution >= 4 is 29.9 Å². The minimum atomic E-state index is -0.845. The van der Waals surface area contributed by atoms with Gasteiger partial charge in [-0.3, -0.25) is 19.2 Å². The van der Waals surface area contributed by atoms with Gasteiger partial charge in [0.1, 0.15) is 12.3 Å². The standard InChI is InChI=1S/C15H27N5O5/c1-10(9-21)19-15(25)12(5-3-4-6-17-11(2)22)20-14(24)8-18-13(23)7-16/h9-10,12H,3-8,16H2,1-2H3,(H,17,22)(H,18,23)(H,19,25)(H,20,24)/t10-,12-/m0/s1. The number of carbonyl (C=O) groups excluding carboxylic acids is 5. The van der Waals surface area contributed by atoms with Crippen LogP contribution in [0.2, 0.25) is 0 Å². The molecule has 0 spiro atoms. The molecular formula is C15H27N5O5. The number of rotatable bonds is 12. The second kappa shape index (κ2) is 12.9. The van der Waals surface area contributed by atoms with Gasteiger partial charge >= 0.3 is 0 Å². The normalized spacial score (nSPS) is 12.4. The minimum Gasteiger partial charge on any atom is -0.356 e. The summed E-state index contributed by atoms with van der Waals surface area (Å²) in [5, 5.41) is 9.93. The molecule has 2 atom stereocenters. The minimum absolute atomic E-state index is 0.141. The largest absolute Gasteiger partial charge is 0.356 e. The van der Waals surface area contributed by atoms with Gasteiger partial charge in [-0.1, -0.05) is 0 Å². The van der Waals surface area contributed by atoms with Crippen LogP contribution in [0.25, 0.3) is 0 Å². The Hall–Kier alpha value is -2.49. The molecule has 0 aromatic heterocycles. The Bertz CT molecular complexity index is 483. The van der Waals surface area contributed by atoms with Crippen LogP contribution in [0.5, 0.6) is 0 Å². The molecule has 0 aliphatic carbocycles. The maximum absolute atomic E-state index is 12.2. The maximum atomic E-state index is 12.2. The summed E-state index contributed by atoms with van der Waals surface area (Å²) in [6.07, 6.45) is 2.11. The van der Waals surface area contributed by atoms with Crippen molar-refractivity contribution < 1.29 is 24.0 Å². The lowest BCUT2D eigenvalue weighted by molar-refractivity contribution is -0.130. The molecule has 6 N–H and O–H groups in total. The van der Waals surface area contributed by atoms with E-state index in [0.29, 0.717) is 32.1 Å². The summed E-state index contributed by atoms with van der Waals surface area (Å²) in [6.45, 7) is 2.86. The zero-order chi connectivity index (χ0) is 19.2. The van der Waals surface area contributed by atoms with Crippen molar-refractivity contribution in [3.8, 4) is 0 Å². The van der Waals surface area contributed by atoms with Gasteiger partial charge in [0.15, 0.2) is 0 Å². The van der Waals surface area contributed by atoms with E-state index in [1.54, 1.807) is 0 Å². The average Bonchev–Trinajstić information content (AvgIpc) is 2.57. The van der Waals surface area contributed by atoms with Crippen LogP contribution >= 0.6 is 0 Å². The summed E-state index contributed by atoms with van der Waals surface area (Å²) in [6, 6.07) is -1.52. The molecule has 25 heavy (non-hydrogen) atoms. The Labute approximate surface area is 146 Å². The van der Waals surface area contributed by atoms with E-state index in [1.165, 1.54) is 13.8 Å². The Morgan fingerprint density at radius 3 is 2.28 bits per heavy atom. The van der Waals surface area contributed by atoms with Crippen LogP contribution in [-0.2, 0) is 24.0 Å². The monoisotopic (exact) mass is 357 g/mol. The van der Waals surface area contributed by atoms with E-state index < -0.39 is 29.8 Å². The van der Waals surface area contributed by atoms with Crippen molar-refractivity contribution in [3.05, 3.63) is 0 Å². The Morgan fingerprint density at radius 2 is 1.72 bits per heavy atom. The van der Waals surface area contributed by atoms with Gasteiger partial charge in [-0.15, -0.1) is 0 Å². The third kappa shape index (κ3) is 11.7. The second-order valence-corrected chi connectivity index (χ2v) is 5.51. The molecule has 0 saturated heterocycles. The third-order valence-electron chi connectivity index (χ3n) is 3.15. The van der Waals surface area contributed by atoms with Crippen molar-refractivity contribution in [2.75, 3.05) is 19.6 Å². The number of carbonyl (C=O) groups is 5. The lowest BCUT2D eigenvalue weighted by atomic mass is 10.1. The van der Waals surface area contributed by atoms with Gasteiger partial charge in [0.2, 0.25) is 23.6 Å². The van der Waals surface area contributed by atoms with Crippen LogP contribution in [0.1, 0.15) is 33.1 Å². The van der Waals surface area contributed by atoms with Gasteiger partial charge in [-0.2, -0.15) is 0 Å². The quantitative estimate of drug-likeness (QED) is 0.193. The molecule has 4 amide bonds. The number of nitrogens with two attached hydrogens (primary N) is 1. The van der Waals surface area contributed by atoms with Crippen LogP contribution in [0.3, 0.4) is 0 Å². The van der Waals surface area contributed by atoms with E-state index in [2.05, 4.69) is 21.3 Å². The summed E-state index contributed by atoms with van der Waals surface area (Å²) >= 11 is 0. The molecule has 0 aliphatic heterocycles. The van der Waals surface area contributed by atoms with Gasteiger partial charge in [0, 0.05) is 13.5 Å². The van der Waals surface area contributed by atoms with Gasteiger partial charge in [-0.05, 0) is 26.2 Å². The smallest absolute Gasteiger partial charge is 0.243 e. The van der Waals surface area contributed by atoms with Gasteiger partial charge in [0.05, 0.1) is 19.1 Å². The van der Waals surface area contributed by atoms with Crippen LogP contribution in [0.4, 0.5) is 0 Å². The van der Waals surface area contributed by atoms with E-state index in [-0.39, 0.29) is 19.0 Å². The molecule has 0 bridgehead atoms. The molecule has 0 heterocycles. The number of amides is 4. The summed E-state index contributed by atoms with van der Waals surface area (Å²) in [4.78, 5) is 56.5. The lowest BCUT2D eigenvalue weighted by Crippen LogP contribution is -2.51. The van der Waals surface area contributed by atoms with Crippen molar-refractivity contribution in [2.24, 2.45) is 5.73 Å². The van der Waals surface area contributed by atoms with Crippen molar-refractivity contribution in [2.45, 2.75) is 45.2 Å². The lowest BCUT2D eigenvalue weighted by Gasteiger charge is -2.19. The molecule has 0 fully saturated rings. The predicted molar refractivity (Wildman–Crippen MR) is 90.2 cm³/mol. The fourth-order valence-corrected chi connectivity index (χ4v) is 1.86. The van der Waals surface area contributed by atoms with Crippen molar-refractivity contribution in [1.29, 1.82) is 0 Å². The Morgan fingerprint density at radius 1 is 1.04 bits per heavy atom. The molecule has 0 radical (unpaired) electrons. The zero-order valence-corrected chi connectivity index (χ0v) is 14.6. The molecule has 0 aromatic carbocycles. The van der Waals surface area contributed by atoms with Crippen LogP contribution in [0, 0.1) is 0 Å². The fraction of sp³-hybridized carbons (Fsp3) is 0.667. The number of unbranched alkanes of at least 4 members (excludes halogenated alkanes) is 1. The molecular weight excluding hydrogens is 330 g/mol. The first-order chi connectivity index (χ1) is 11.8. The van der Waals surface area contributed by atoms with E-state index in [0.717, 1.165) is 0 Å². The molecule has 10 heteroatoms. The number of hydrogen-bond donors (Lipinski definition) is 5. The molecule has 0 aliphatic rings. The average molecular weight is 357 g/mol.